The fraction of sp³-hybridized carbons (Fsp3) is 0.346. The Bertz CT molecular complexity index is 1150. The number of hydrogen-bond donors (Lipinski definition) is 1. The van der Waals surface area contributed by atoms with Crippen molar-refractivity contribution in [1.29, 1.82) is 0 Å². The zero-order chi connectivity index (χ0) is 22.1. The summed E-state index contributed by atoms with van der Waals surface area (Å²) in [5, 5.41) is 7.64. The highest BCUT2D eigenvalue weighted by Gasteiger charge is 2.28. The number of nitrogens with one attached hydrogen (secondary N) is 1. The fourth-order valence-corrected chi connectivity index (χ4v) is 4.75. The van der Waals surface area contributed by atoms with Crippen LogP contribution in [0.4, 0.5) is 0 Å². The summed E-state index contributed by atoms with van der Waals surface area (Å²) in [7, 11) is 0. The Hall–Kier alpha value is -3.41. The van der Waals surface area contributed by atoms with Gasteiger partial charge in [-0.15, -0.1) is 0 Å². The highest BCUT2D eigenvalue weighted by Crippen LogP contribution is 2.29. The lowest BCUT2D eigenvalue weighted by atomic mass is 9.87. The molecule has 2 heterocycles. The van der Waals surface area contributed by atoms with E-state index in [9.17, 15) is 9.59 Å². The van der Waals surface area contributed by atoms with Gasteiger partial charge in [-0.25, -0.2) is 0 Å². The monoisotopic (exact) mass is 428 g/mol. The molecule has 2 aliphatic rings. The number of amides is 2. The van der Waals surface area contributed by atoms with E-state index in [2.05, 4.69) is 53.7 Å². The summed E-state index contributed by atoms with van der Waals surface area (Å²) in [6, 6.07) is 18.2. The number of aromatic nitrogens is 2. The van der Waals surface area contributed by atoms with Gasteiger partial charge in [0.2, 0.25) is 0 Å². The first-order valence-corrected chi connectivity index (χ1v) is 11.4. The van der Waals surface area contributed by atoms with Crippen molar-refractivity contribution in [3.8, 4) is 0 Å². The molecule has 0 unspecified atom stereocenters. The van der Waals surface area contributed by atoms with Crippen molar-refractivity contribution < 1.29 is 9.59 Å². The average molecular weight is 429 g/mol. The van der Waals surface area contributed by atoms with E-state index >= 15 is 0 Å². The zero-order valence-corrected chi connectivity index (χ0v) is 18.4. The van der Waals surface area contributed by atoms with Gasteiger partial charge >= 0.3 is 0 Å². The molecule has 1 N–H and O–H groups in total. The molecule has 0 fully saturated rings. The number of benzene rings is 2. The van der Waals surface area contributed by atoms with E-state index in [0.29, 0.717) is 31.0 Å². The maximum absolute atomic E-state index is 13.2. The van der Waals surface area contributed by atoms with Crippen molar-refractivity contribution in [2.45, 2.75) is 51.7 Å². The number of carbonyl (C=O) groups excluding carboxylic acids is 2. The molecule has 6 nitrogen and oxygen atoms in total. The molecule has 1 aromatic heterocycles. The maximum atomic E-state index is 13.2. The topological polar surface area (TPSA) is 67.2 Å². The Kier molecular flexibility index (Phi) is 5.52. The third-order valence-corrected chi connectivity index (χ3v) is 6.49. The number of hydrogen-bond acceptors (Lipinski definition) is 3. The summed E-state index contributed by atoms with van der Waals surface area (Å²) in [6.45, 7) is 3.92. The Morgan fingerprint density at radius 1 is 1.09 bits per heavy atom. The summed E-state index contributed by atoms with van der Waals surface area (Å²) in [4.78, 5) is 28.1. The minimum absolute atomic E-state index is 0.0114. The predicted octanol–water partition coefficient (Wildman–Crippen LogP) is 4.05. The van der Waals surface area contributed by atoms with Gasteiger partial charge in [0.15, 0.2) is 5.69 Å². The summed E-state index contributed by atoms with van der Waals surface area (Å²) in [6.07, 6.45) is 3.82. The van der Waals surface area contributed by atoms with Crippen LogP contribution >= 0.6 is 0 Å². The minimum Gasteiger partial charge on any atom is -0.344 e. The number of aryl methyl sites for hydroxylation is 3. The van der Waals surface area contributed by atoms with Gasteiger partial charge in [0.25, 0.3) is 11.8 Å². The molecule has 1 atom stereocenters. The molecule has 0 spiro atoms. The lowest BCUT2D eigenvalue weighted by Crippen LogP contribution is -2.31. The normalized spacial score (nSPS) is 18.0. The quantitative estimate of drug-likeness (QED) is 0.682. The number of carbonyl (C=O) groups is 2. The summed E-state index contributed by atoms with van der Waals surface area (Å²) >= 11 is 0. The summed E-state index contributed by atoms with van der Waals surface area (Å²) in [5.74, 6) is -0.289. The van der Waals surface area contributed by atoms with Crippen LogP contribution < -0.4 is 5.32 Å². The Morgan fingerprint density at radius 2 is 1.91 bits per heavy atom. The minimum atomic E-state index is -0.217. The van der Waals surface area contributed by atoms with E-state index in [4.69, 9.17) is 0 Å². The van der Waals surface area contributed by atoms with E-state index in [1.807, 2.05) is 17.0 Å². The number of nitrogens with zero attached hydrogens (tertiary/aromatic N) is 3. The second-order valence-corrected chi connectivity index (χ2v) is 8.82. The number of fused-ring (bicyclic) bond motifs is 2. The van der Waals surface area contributed by atoms with Crippen LogP contribution in [0.5, 0.6) is 0 Å². The second kappa shape index (κ2) is 8.61. The van der Waals surface area contributed by atoms with Gasteiger partial charge in [-0.3, -0.25) is 14.3 Å². The van der Waals surface area contributed by atoms with Crippen LogP contribution in [-0.4, -0.2) is 33.0 Å². The smallest absolute Gasteiger partial charge is 0.272 e. The Balaban J connectivity index is 1.33. The highest BCUT2D eigenvalue weighted by atomic mass is 16.2. The molecular weight excluding hydrogens is 400 g/mol. The van der Waals surface area contributed by atoms with E-state index in [0.717, 1.165) is 31.2 Å². The van der Waals surface area contributed by atoms with Crippen LogP contribution in [0.15, 0.2) is 54.6 Å². The first-order valence-electron chi connectivity index (χ1n) is 11.4. The first kappa shape index (κ1) is 20.5. The first-order chi connectivity index (χ1) is 15.6. The highest BCUT2D eigenvalue weighted by molar-refractivity contribution is 5.98. The predicted molar refractivity (Wildman–Crippen MR) is 122 cm³/mol. The third kappa shape index (κ3) is 4.05. The average Bonchev–Trinajstić information content (AvgIpc) is 3.18. The van der Waals surface area contributed by atoms with Crippen molar-refractivity contribution >= 4 is 11.8 Å². The molecule has 1 aliphatic carbocycles. The van der Waals surface area contributed by atoms with Crippen molar-refractivity contribution in [2.24, 2.45) is 0 Å². The summed E-state index contributed by atoms with van der Waals surface area (Å²) < 4.78 is 1.70. The van der Waals surface area contributed by atoms with Crippen molar-refractivity contribution in [2.75, 3.05) is 6.54 Å². The van der Waals surface area contributed by atoms with Crippen LogP contribution in [0.1, 0.15) is 68.5 Å². The van der Waals surface area contributed by atoms with E-state index < -0.39 is 0 Å². The van der Waals surface area contributed by atoms with Gasteiger partial charge in [0, 0.05) is 25.7 Å². The fourth-order valence-electron chi connectivity index (χ4n) is 4.75. The van der Waals surface area contributed by atoms with Crippen LogP contribution in [0.3, 0.4) is 0 Å². The molecule has 32 heavy (non-hydrogen) atoms. The van der Waals surface area contributed by atoms with Crippen LogP contribution in [0, 0.1) is 6.92 Å². The second-order valence-electron chi connectivity index (χ2n) is 8.82. The molecular formula is C26H28N4O2. The molecule has 0 bridgehead atoms. The van der Waals surface area contributed by atoms with Gasteiger partial charge in [-0.1, -0.05) is 54.1 Å². The summed E-state index contributed by atoms with van der Waals surface area (Å²) in [5.41, 5.74) is 5.59. The zero-order valence-electron chi connectivity index (χ0n) is 18.4. The van der Waals surface area contributed by atoms with Gasteiger partial charge in [0.1, 0.15) is 5.69 Å². The van der Waals surface area contributed by atoms with Crippen molar-refractivity contribution in [3.63, 3.8) is 0 Å². The van der Waals surface area contributed by atoms with Gasteiger partial charge in [-0.2, -0.15) is 5.10 Å². The molecule has 5 rings (SSSR count). The molecule has 6 heteroatoms. The molecule has 3 aromatic rings. The SMILES string of the molecule is Cc1ccc(CN2CCCn3nc(C(=O)N[C@@H]4CCCc5ccccc54)cc3C2=O)cc1. The van der Waals surface area contributed by atoms with Crippen LogP contribution in [-0.2, 0) is 19.5 Å². The van der Waals surface area contributed by atoms with E-state index in [1.54, 1.807) is 10.7 Å². The molecule has 1 aliphatic heterocycles. The largest absolute Gasteiger partial charge is 0.344 e. The third-order valence-electron chi connectivity index (χ3n) is 6.49. The van der Waals surface area contributed by atoms with Gasteiger partial charge in [0.05, 0.1) is 6.04 Å². The van der Waals surface area contributed by atoms with E-state index in [1.165, 1.54) is 16.7 Å². The molecule has 0 saturated carbocycles. The van der Waals surface area contributed by atoms with Gasteiger partial charge < -0.3 is 10.2 Å². The molecule has 0 saturated heterocycles. The maximum Gasteiger partial charge on any atom is 0.272 e. The Labute approximate surface area is 188 Å². The molecule has 164 valence electrons. The van der Waals surface area contributed by atoms with Gasteiger partial charge in [-0.05, 0) is 49.3 Å². The van der Waals surface area contributed by atoms with E-state index in [-0.39, 0.29) is 17.9 Å². The lowest BCUT2D eigenvalue weighted by Gasteiger charge is -2.26. The lowest BCUT2D eigenvalue weighted by molar-refractivity contribution is 0.0745. The molecule has 2 amide bonds. The van der Waals surface area contributed by atoms with Crippen LogP contribution in [0.2, 0.25) is 0 Å². The van der Waals surface area contributed by atoms with Crippen molar-refractivity contribution in [3.05, 3.63) is 88.2 Å². The molecule has 0 radical (unpaired) electrons. The number of rotatable bonds is 4. The standard InChI is InChI=1S/C26H28N4O2/c1-18-10-12-19(13-11-18)17-29-14-5-15-30-24(26(29)32)16-23(28-30)25(31)27-22-9-4-7-20-6-2-3-8-21(20)22/h2-3,6,8,10-13,16,22H,4-5,7,9,14-15,17H2,1H3,(H,27,31)/t22-/m1/s1. The van der Waals surface area contributed by atoms with Crippen LogP contribution in [0.25, 0.3) is 0 Å². The molecule has 2 aromatic carbocycles. The Morgan fingerprint density at radius 3 is 2.75 bits per heavy atom. The van der Waals surface area contributed by atoms with Crippen molar-refractivity contribution in [1.82, 2.24) is 20.0 Å².